The van der Waals surface area contributed by atoms with Crippen molar-refractivity contribution in [2.45, 2.75) is 71.4 Å². The Morgan fingerprint density at radius 3 is 2.21 bits per heavy atom. The minimum atomic E-state index is -0.259. The zero-order chi connectivity index (χ0) is 26.9. The van der Waals surface area contributed by atoms with Crippen LogP contribution in [0.4, 0.5) is 0 Å². The lowest BCUT2D eigenvalue weighted by atomic mass is 9.49. The lowest BCUT2D eigenvalue weighted by Gasteiger charge is -2.57. The maximum Gasteiger partial charge on any atom is 0.242 e. The second-order valence-electron chi connectivity index (χ2n) is 12.1. The summed E-state index contributed by atoms with van der Waals surface area (Å²) in [6.07, 6.45) is 9.17. The lowest BCUT2D eigenvalue weighted by Crippen LogP contribution is -2.57. The minimum Gasteiger partial charge on any atom is -0.493 e. The number of nitrogens with zero attached hydrogens (tertiary/aromatic N) is 2. The number of amides is 2. The monoisotopic (exact) mass is 522 g/mol. The molecule has 0 unspecified atom stereocenters. The maximum absolute atomic E-state index is 14.1. The van der Waals surface area contributed by atoms with E-state index in [2.05, 4.69) is 0 Å². The van der Waals surface area contributed by atoms with Crippen LogP contribution < -0.4 is 9.47 Å². The molecule has 2 aromatic rings. The Hall–Kier alpha value is -2.96. The number of ether oxygens (including phenoxy) is 2. The minimum absolute atomic E-state index is 0.0317. The van der Waals surface area contributed by atoms with Gasteiger partial charge in [0.1, 0.15) is 12.3 Å². The molecule has 0 aliphatic heterocycles. The smallest absolute Gasteiger partial charge is 0.242 e. The fourth-order valence-electron chi connectivity index (χ4n) is 7.59. The predicted octanol–water partition coefficient (Wildman–Crippen LogP) is 5.32. The van der Waals surface area contributed by atoms with Gasteiger partial charge in [-0.05, 0) is 106 Å². The van der Waals surface area contributed by atoms with Crippen molar-refractivity contribution in [1.29, 1.82) is 0 Å². The van der Waals surface area contributed by atoms with E-state index in [1.807, 2.05) is 54.0 Å². The van der Waals surface area contributed by atoms with E-state index in [1.54, 1.807) is 20.5 Å². The highest BCUT2D eigenvalue weighted by atomic mass is 16.5. The third-order valence-corrected chi connectivity index (χ3v) is 9.08. The zero-order valence-corrected chi connectivity index (χ0v) is 23.3. The lowest BCUT2D eigenvalue weighted by molar-refractivity contribution is -0.162. The summed E-state index contributed by atoms with van der Waals surface area (Å²) in [4.78, 5) is 31.6. The van der Waals surface area contributed by atoms with Gasteiger partial charge in [-0.1, -0.05) is 6.07 Å². The standard InChI is InChI=1S/C31H42N2O5/c1-21(2)33(30(35)31-16-23-12-24(17-31)14-25(13-23)18-31)20-29(34)32(19-26-6-5-11-38-26)10-9-22-7-8-27(36-3)28(15-22)37-4/h5-8,11,15,21,23-25H,9-10,12-14,16-20H2,1-4H3. The summed E-state index contributed by atoms with van der Waals surface area (Å²) in [5.74, 6) is 4.29. The van der Waals surface area contributed by atoms with Crippen LogP contribution in [-0.4, -0.2) is 55.0 Å². The highest BCUT2D eigenvalue weighted by Crippen LogP contribution is 2.60. The zero-order valence-electron chi connectivity index (χ0n) is 23.3. The molecule has 0 spiro atoms. The quantitative estimate of drug-likeness (QED) is 0.399. The summed E-state index contributed by atoms with van der Waals surface area (Å²) in [6, 6.07) is 9.52. The van der Waals surface area contributed by atoms with Crippen molar-refractivity contribution in [1.82, 2.24) is 9.80 Å². The fraction of sp³-hybridized carbons (Fsp3) is 0.613. The first-order chi connectivity index (χ1) is 18.3. The highest BCUT2D eigenvalue weighted by molar-refractivity contribution is 5.88. The summed E-state index contributed by atoms with van der Waals surface area (Å²) in [5, 5.41) is 0. The van der Waals surface area contributed by atoms with Crippen molar-refractivity contribution in [2.24, 2.45) is 23.2 Å². The van der Waals surface area contributed by atoms with Gasteiger partial charge in [-0.2, -0.15) is 0 Å². The molecule has 206 valence electrons. The van der Waals surface area contributed by atoms with Gasteiger partial charge in [0.05, 0.1) is 32.4 Å². The van der Waals surface area contributed by atoms with E-state index in [-0.39, 0.29) is 29.8 Å². The molecule has 0 radical (unpaired) electrons. The molecule has 7 heteroatoms. The van der Waals surface area contributed by atoms with E-state index in [9.17, 15) is 9.59 Å². The second-order valence-corrected chi connectivity index (χ2v) is 12.1. The first-order valence-electron chi connectivity index (χ1n) is 14.1. The molecule has 4 aliphatic carbocycles. The van der Waals surface area contributed by atoms with Crippen LogP contribution in [0.2, 0.25) is 0 Å². The number of furan rings is 1. The Labute approximate surface area is 226 Å². The Morgan fingerprint density at radius 2 is 1.66 bits per heavy atom. The Balaban J connectivity index is 1.31. The largest absolute Gasteiger partial charge is 0.493 e. The van der Waals surface area contributed by atoms with Crippen LogP contribution in [-0.2, 0) is 22.6 Å². The van der Waals surface area contributed by atoms with Crippen LogP contribution >= 0.6 is 0 Å². The van der Waals surface area contributed by atoms with Crippen LogP contribution in [0, 0.1) is 23.2 Å². The van der Waals surface area contributed by atoms with E-state index >= 15 is 0 Å². The number of rotatable bonds is 11. The highest BCUT2D eigenvalue weighted by Gasteiger charge is 2.56. The van der Waals surface area contributed by atoms with Gasteiger partial charge < -0.3 is 23.7 Å². The number of hydrogen-bond acceptors (Lipinski definition) is 5. The summed E-state index contributed by atoms with van der Waals surface area (Å²) in [7, 11) is 3.24. The van der Waals surface area contributed by atoms with Crippen LogP contribution in [0.15, 0.2) is 41.0 Å². The normalized spacial score (nSPS) is 25.4. The molecule has 1 aromatic carbocycles. The van der Waals surface area contributed by atoms with Crippen molar-refractivity contribution in [3.8, 4) is 11.5 Å². The number of methoxy groups -OCH3 is 2. The van der Waals surface area contributed by atoms with E-state index in [0.29, 0.717) is 48.8 Å². The summed E-state index contributed by atoms with van der Waals surface area (Å²) < 4.78 is 16.4. The topological polar surface area (TPSA) is 72.2 Å². The van der Waals surface area contributed by atoms with Gasteiger partial charge in [0, 0.05) is 12.6 Å². The molecule has 4 bridgehead atoms. The molecule has 6 rings (SSSR count). The van der Waals surface area contributed by atoms with Crippen LogP contribution in [0.3, 0.4) is 0 Å². The van der Waals surface area contributed by atoms with Crippen molar-refractivity contribution in [2.75, 3.05) is 27.3 Å². The van der Waals surface area contributed by atoms with Gasteiger partial charge in [0.2, 0.25) is 11.8 Å². The number of carbonyl (C=O) groups is 2. The molecule has 4 saturated carbocycles. The van der Waals surface area contributed by atoms with Gasteiger partial charge in [0.25, 0.3) is 0 Å². The Kier molecular flexibility index (Phi) is 7.73. The molecule has 1 heterocycles. The molecule has 1 aromatic heterocycles. The first-order valence-corrected chi connectivity index (χ1v) is 14.1. The molecule has 0 atom stereocenters. The van der Waals surface area contributed by atoms with Crippen molar-refractivity contribution < 1.29 is 23.5 Å². The molecular weight excluding hydrogens is 480 g/mol. The van der Waals surface area contributed by atoms with Gasteiger partial charge in [-0.3, -0.25) is 9.59 Å². The second kappa shape index (κ2) is 11.0. The van der Waals surface area contributed by atoms with Crippen LogP contribution in [0.1, 0.15) is 63.7 Å². The molecule has 0 N–H and O–H groups in total. The van der Waals surface area contributed by atoms with Crippen molar-refractivity contribution >= 4 is 11.8 Å². The summed E-state index contributed by atoms with van der Waals surface area (Å²) >= 11 is 0. The third-order valence-electron chi connectivity index (χ3n) is 9.08. The fourth-order valence-corrected chi connectivity index (χ4v) is 7.59. The first kappa shape index (κ1) is 26.6. The van der Waals surface area contributed by atoms with Crippen molar-refractivity contribution in [3.05, 3.63) is 47.9 Å². The summed E-state index contributed by atoms with van der Waals surface area (Å²) in [6.45, 7) is 5.05. The third kappa shape index (κ3) is 5.43. The SMILES string of the molecule is COc1ccc(CCN(Cc2ccco2)C(=O)CN(C(=O)C23CC4CC(CC(C4)C2)C3)C(C)C)cc1OC. The van der Waals surface area contributed by atoms with Gasteiger partial charge in [0.15, 0.2) is 11.5 Å². The average molecular weight is 523 g/mol. The number of benzene rings is 1. The van der Waals surface area contributed by atoms with Gasteiger partial charge in [-0.25, -0.2) is 0 Å². The van der Waals surface area contributed by atoms with Gasteiger partial charge >= 0.3 is 0 Å². The van der Waals surface area contributed by atoms with E-state index in [0.717, 1.165) is 30.6 Å². The maximum atomic E-state index is 14.1. The summed E-state index contributed by atoms with van der Waals surface area (Å²) in [5.41, 5.74) is 0.787. The van der Waals surface area contributed by atoms with Crippen LogP contribution in [0.5, 0.6) is 11.5 Å². The molecule has 2 amide bonds. The Bertz CT molecular complexity index is 1090. The number of hydrogen-bond donors (Lipinski definition) is 0. The van der Waals surface area contributed by atoms with E-state index in [1.165, 1.54) is 19.3 Å². The molecule has 7 nitrogen and oxygen atoms in total. The van der Waals surface area contributed by atoms with E-state index in [4.69, 9.17) is 13.9 Å². The van der Waals surface area contributed by atoms with Gasteiger partial charge in [-0.15, -0.1) is 0 Å². The van der Waals surface area contributed by atoms with Crippen molar-refractivity contribution in [3.63, 3.8) is 0 Å². The molecule has 4 fully saturated rings. The molecule has 4 aliphatic rings. The van der Waals surface area contributed by atoms with Crippen LogP contribution in [0.25, 0.3) is 0 Å². The Morgan fingerprint density at radius 1 is 1.00 bits per heavy atom. The molecular formula is C31H42N2O5. The average Bonchev–Trinajstić information content (AvgIpc) is 3.41. The molecule has 38 heavy (non-hydrogen) atoms. The predicted molar refractivity (Wildman–Crippen MR) is 145 cm³/mol. The van der Waals surface area contributed by atoms with E-state index < -0.39 is 0 Å². The molecule has 0 saturated heterocycles. The number of carbonyl (C=O) groups excluding carboxylic acids is 2.